The van der Waals surface area contributed by atoms with Gasteiger partial charge < -0.3 is 14.1 Å². The molecule has 0 unspecified atom stereocenters. The molecule has 0 saturated carbocycles. The van der Waals surface area contributed by atoms with E-state index in [1.807, 2.05) is 36.1 Å². The largest absolute Gasteiger partial charge is 0.441 e. The third kappa shape index (κ3) is 3.39. The van der Waals surface area contributed by atoms with Gasteiger partial charge in [0, 0.05) is 23.1 Å². The molecule has 0 atom stereocenters. The maximum Gasteiger partial charge on any atom is 0.228 e. The average molecular weight is 365 g/mol. The first-order chi connectivity index (χ1) is 10.6. The summed E-state index contributed by atoms with van der Waals surface area (Å²) < 4.78 is 11.9. The van der Waals surface area contributed by atoms with Crippen molar-refractivity contribution in [1.82, 2.24) is 9.88 Å². The van der Waals surface area contributed by atoms with Crippen LogP contribution in [0.4, 0.5) is 0 Å². The van der Waals surface area contributed by atoms with E-state index < -0.39 is 0 Å². The minimum atomic E-state index is 0.0699. The molecule has 1 aliphatic rings. The maximum absolute atomic E-state index is 12.3. The van der Waals surface area contributed by atoms with Crippen molar-refractivity contribution in [3.05, 3.63) is 40.2 Å². The standard InChI is InChI=1S/C16H17BrN2O3/c1-11-14(10-15(20)19-5-7-21-8-6-19)18-16(22-11)12-3-2-4-13(17)9-12/h2-4,9H,5-8,10H2,1H3. The number of aromatic nitrogens is 1. The number of benzene rings is 1. The number of carbonyl (C=O) groups excluding carboxylic acids is 1. The minimum absolute atomic E-state index is 0.0699. The van der Waals surface area contributed by atoms with Gasteiger partial charge in [-0.05, 0) is 25.1 Å². The molecule has 0 bridgehead atoms. The number of aryl methyl sites for hydroxylation is 1. The van der Waals surface area contributed by atoms with Crippen LogP contribution in [0, 0.1) is 6.92 Å². The Morgan fingerprint density at radius 2 is 2.14 bits per heavy atom. The van der Waals surface area contributed by atoms with Gasteiger partial charge in [0.15, 0.2) is 0 Å². The van der Waals surface area contributed by atoms with Crippen LogP contribution >= 0.6 is 15.9 Å². The molecule has 6 heteroatoms. The van der Waals surface area contributed by atoms with Gasteiger partial charge in [-0.2, -0.15) is 0 Å². The van der Waals surface area contributed by atoms with E-state index in [-0.39, 0.29) is 12.3 Å². The average Bonchev–Trinajstić information content (AvgIpc) is 2.89. The fourth-order valence-corrected chi connectivity index (χ4v) is 2.80. The lowest BCUT2D eigenvalue weighted by molar-refractivity contribution is -0.134. The van der Waals surface area contributed by atoms with Crippen molar-refractivity contribution in [2.75, 3.05) is 26.3 Å². The number of nitrogens with zero attached hydrogens (tertiary/aromatic N) is 2. The van der Waals surface area contributed by atoms with Gasteiger partial charge in [0.1, 0.15) is 5.76 Å². The fourth-order valence-electron chi connectivity index (χ4n) is 2.40. The Morgan fingerprint density at radius 3 is 2.86 bits per heavy atom. The molecule has 1 aromatic heterocycles. The Labute approximate surface area is 137 Å². The van der Waals surface area contributed by atoms with Gasteiger partial charge in [0.05, 0.1) is 25.3 Å². The van der Waals surface area contributed by atoms with Crippen LogP contribution in [0.15, 0.2) is 33.2 Å². The van der Waals surface area contributed by atoms with Crippen LogP contribution in [0.5, 0.6) is 0 Å². The molecule has 0 spiro atoms. The molecule has 116 valence electrons. The van der Waals surface area contributed by atoms with E-state index in [1.54, 1.807) is 0 Å². The lowest BCUT2D eigenvalue weighted by Gasteiger charge is -2.26. The lowest BCUT2D eigenvalue weighted by Crippen LogP contribution is -2.41. The Morgan fingerprint density at radius 1 is 1.36 bits per heavy atom. The number of carbonyl (C=O) groups is 1. The van der Waals surface area contributed by atoms with Crippen LogP contribution in [0.25, 0.3) is 11.5 Å². The molecule has 1 fully saturated rings. The zero-order valence-electron chi connectivity index (χ0n) is 12.3. The molecule has 1 amide bonds. The molecular weight excluding hydrogens is 348 g/mol. The number of ether oxygens (including phenoxy) is 1. The zero-order chi connectivity index (χ0) is 15.5. The second kappa shape index (κ2) is 6.62. The third-order valence-electron chi connectivity index (χ3n) is 3.65. The van der Waals surface area contributed by atoms with Gasteiger partial charge in [-0.25, -0.2) is 4.98 Å². The Hall–Kier alpha value is -1.66. The van der Waals surface area contributed by atoms with Crippen molar-refractivity contribution in [2.45, 2.75) is 13.3 Å². The van der Waals surface area contributed by atoms with Crippen LogP contribution in [0.2, 0.25) is 0 Å². The number of hydrogen-bond acceptors (Lipinski definition) is 4. The van der Waals surface area contributed by atoms with Crippen LogP contribution in [-0.4, -0.2) is 42.1 Å². The topological polar surface area (TPSA) is 55.6 Å². The van der Waals surface area contributed by atoms with E-state index in [4.69, 9.17) is 9.15 Å². The number of morpholine rings is 1. The van der Waals surface area contributed by atoms with E-state index in [2.05, 4.69) is 20.9 Å². The molecule has 0 radical (unpaired) electrons. The highest BCUT2D eigenvalue weighted by Gasteiger charge is 2.20. The summed E-state index contributed by atoms with van der Waals surface area (Å²) in [5.41, 5.74) is 1.59. The van der Waals surface area contributed by atoms with Crippen LogP contribution in [0.3, 0.4) is 0 Å². The monoisotopic (exact) mass is 364 g/mol. The Balaban J connectivity index is 1.76. The highest BCUT2D eigenvalue weighted by atomic mass is 79.9. The van der Waals surface area contributed by atoms with E-state index in [1.165, 1.54) is 0 Å². The quantitative estimate of drug-likeness (QED) is 0.840. The van der Waals surface area contributed by atoms with E-state index >= 15 is 0 Å². The Kier molecular flexibility index (Phi) is 4.59. The zero-order valence-corrected chi connectivity index (χ0v) is 13.9. The predicted molar refractivity (Wildman–Crippen MR) is 85.5 cm³/mol. The summed E-state index contributed by atoms with van der Waals surface area (Å²) in [6.45, 7) is 4.35. The van der Waals surface area contributed by atoms with E-state index in [0.717, 1.165) is 10.0 Å². The second-order valence-electron chi connectivity index (χ2n) is 5.20. The summed E-state index contributed by atoms with van der Waals surface area (Å²) in [4.78, 5) is 18.6. The summed E-state index contributed by atoms with van der Waals surface area (Å²) in [5, 5.41) is 0. The predicted octanol–water partition coefficient (Wildman–Crippen LogP) is 2.81. The molecule has 3 rings (SSSR count). The minimum Gasteiger partial charge on any atom is -0.441 e. The van der Waals surface area contributed by atoms with Gasteiger partial charge >= 0.3 is 0 Å². The third-order valence-corrected chi connectivity index (χ3v) is 4.14. The van der Waals surface area contributed by atoms with Crippen LogP contribution in [-0.2, 0) is 16.0 Å². The molecule has 22 heavy (non-hydrogen) atoms. The van der Waals surface area contributed by atoms with Gasteiger partial charge in [-0.15, -0.1) is 0 Å². The highest BCUT2D eigenvalue weighted by Crippen LogP contribution is 2.25. The maximum atomic E-state index is 12.3. The highest BCUT2D eigenvalue weighted by molar-refractivity contribution is 9.10. The molecule has 0 N–H and O–H groups in total. The van der Waals surface area contributed by atoms with Gasteiger partial charge in [-0.3, -0.25) is 4.79 Å². The first-order valence-electron chi connectivity index (χ1n) is 7.21. The van der Waals surface area contributed by atoms with E-state index in [0.29, 0.717) is 43.6 Å². The van der Waals surface area contributed by atoms with Crippen LogP contribution < -0.4 is 0 Å². The molecular formula is C16H17BrN2O3. The normalized spacial score (nSPS) is 15.1. The second-order valence-corrected chi connectivity index (χ2v) is 6.12. The SMILES string of the molecule is Cc1oc(-c2cccc(Br)c2)nc1CC(=O)N1CCOCC1. The molecule has 5 nitrogen and oxygen atoms in total. The lowest BCUT2D eigenvalue weighted by atomic mass is 10.2. The van der Waals surface area contributed by atoms with Gasteiger partial charge in [-0.1, -0.05) is 22.0 Å². The van der Waals surface area contributed by atoms with Gasteiger partial charge in [0.2, 0.25) is 11.8 Å². The summed E-state index contributed by atoms with van der Waals surface area (Å²) in [6.07, 6.45) is 0.267. The molecule has 1 aromatic carbocycles. The molecule has 1 saturated heterocycles. The first kappa shape index (κ1) is 15.2. The van der Waals surface area contributed by atoms with Crippen molar-refractivity contribution in [3.63, 3.8) is 0 Å². The summed E-state index contributed by atoms with van der Waals surface area (Å²) >= 11 is 3.44. The van der Waals surface area contributed by atoms with Crippen molar-refractivity contribution in [3.8, 4) is 11.5 Å². The first-order valence-corrected chi connectivity index (χ1v) is 8.00. The van der Waals surface area contributed by atoms with Crippen molar-refractivity contribution in [1.29, 1.82) is 0 Å². The summed E-state index contributed by atoms with van der Waals surface area (Å²) in [6, 6.07) is 7.75. The molecule has 2 aromatic rings. The van der Waals surface area contributed by atoms with Crippen molar-refractivity contribution >= 4 is 21.8 Å². The number of halogens is 1. The number of hydrogen-bond donors (Lipinski definition) is 0. The van der Waals surface area contributed by atoms with Crippen molar-refractivity contribution in [2.24, 2.45) is 0 Å². The van der Waals surface area contributed by atoms with Crippen LogP contribution in [0.1, 0.15) is 11.5 Å². The molecule has 0 aliphatic carbocycles. The molecule has 2 heterocycles. The summed E-state index contributed by atoms with van der Waals surface area (Å²) in [7, 11) is 0. The van der Waals surface area contributed by atoms with Gasteiger partial charge in [0.25, 0.3) is 0 Å². The number of amides is 1. The smallest absolute Gasteiger partial charge is 0.228 e. The number of rotatable bonds is 3. The molecule has 1 aliphatic heterocycles. The van der Waals surface area contributed by atoms with Crippen molar-refractivity contribution < 1.29 is 13.9 Å². The Bertz CT molecular complexity index is 678. The van der Waals surface area contributed by atoms with E-state index in [9.17, 15) is 4.79 Å². The summed E-state index contributed by atoms with van der Waals surface area (Å²) in [5.74, 6) is 1.31. The number of oxazole rings is 1. The fraction of sp³-hybridized carbons (Fsp3) is 0.375.